The molecule has 0 aromatic heterocycles. The fourth-order valence-electron chi connectivity index (χ4n) is 1.37. The third kappa shape index (κ3) is 10.7. The molecule has 0 aliphatic carbocycles. The molecule has 0 heterocycles. The Labute approximate surface area is 127 Å². The van der Waals surface area contributed by atoms with Crippen molar-refractivity contribution < 1.29 is 0 Å². The molecular weight excluding hydrogens is 242 g/mol. The Bertz CT molecular complexity index is 364. The molecule has 0 saturated heterocycles. The van der Waals surface area contributed by atoms with Gasteiger partial charge in [-0.25, -0.2) is 0 Å². The van der Waals surface area contributed by atoms with Crippen molar-refractivity contribution in [2.75, 3.05) is 5.32 Å². The van der Waals surface area contributed by atoms with Crippen LogP contribution in [-0.4, -0.2) is 0 Å². The van der Waals surface area contributed by atoms with E-state index in [1.165, 1.54) is 23.2 Å². The molecule has 0 radical (unpaired) electrons. The van der Waals surface area contributed by atoms with Crippen molar-refractivity contribution >= 4 is 5.69 Å². The molecule has 0 saturated carbocycles. The van der Waals surface area contributed by atoms with E-state index in [0.717, 1.165) is 18.0 Å². The van der Waals surface area contributed by atoms with E-state index < -0.39 is 0 Å². The molecule has 0 spiro atoms. The summed E-state index contributed by atoms with van der Waals surface area (Å²) in [6, 6.07) is 6.44. The molecule has 20 heavy (non-hydrogen) atoms. The van der Waals surface area contributed by atoms with E-state index in [-0.39, 0.29) is 0 Å². The number of nitrogens with one attached hydrogen (secondary N) is 1. The molecule has 0 bridgehead atoms. The lowest BCUT2D eigenvalue weighted by atomic mass is 10.1. The van der Waals surface area contributed by atoms with Crippen LogP contribution in [0.15, 0.2) is 30.5 Å². The summed E-state index contributed by atoms with van der Waals surface area (Å²) in [6.45, 7) is 20.7. The summed E-state index contributed by atoms with van der Waals surface area (Å²) in [6.07, 6.45) is 2.36. The van der Waals surface area contributed by atoms with Crippen molar-refractivity contribution in [1.82, 2.24) is 0 Å². The van der Waals surface area contributed by atoms with Gasteiger partial charge in [0.05, 0.1) is 0 Å². The lowest BCUT2D eigenvalue weighted by Gasteiger charge is -2.10. The van der Waals surface area contributed by atoms with Crippen LogP contribution in [0.1, 0.15) is 66.0 Å². The Hall–Kier alpha value is -1.24. The Morgan fingerprint density at radius 1 is 1.20 bits per heavy atom. The molecule has 0 fully saturated rings. The molecule has 1 rings (SSSR count). The van der Waals surface area contributed by atoms with E-state index in [2.05, 4.69) is 64.7 Å². The van der Waals surface area contributed by atoms with Crippen LogP contribution in [0.2, 0.25) is 0 Å². The normalized spacial score (nSPS) is 9.05. The van der Waals surface area contributed by atoms with Gasteiger partial charge in [0.2, 0.25) is 0 Å². The zero-order valence-corrected chi connectivity index (χ0v) is 14.9. The Balaban J connectivity index is 0. The van der Waals surface area contributed by atoms with Gasteiger partial charge in [0.15, 0.2) is 0 Å². The van der Waals surface area contributed by atoms with Gasteiger partial charge in [0.1, 0.15) is 0 Å². The number of allylic oxidation sites excluding steroid dienone is 1. The highest BCUT2D eigenvalue weighted by Crippen LogP contribution is 2.18. The first-order valence-electron chi connectivity index (χ1n) is 7.92. The van der Waals surface area contributed by atoms with Gasteiger partial charge in [-0.15, -0.1) is 0 Å². The second-order valence-electron chi connectivity index (χ2n) is 5.22. The van der Waals surface area contributed by atoms with Crippen LogP contribution in [0.25, 0.3) is 0 Å². The largest absolute Gasteiger partial charge is 0.359 e. The third-order valence-electron chi connectivity index (χ3n) is 2.81. The van der Waals surface area contributed by atoms with Crippen LogP contribution in [0.4, 0.5) is 5.69 Å². The summed E-state index contributed by atoms with van der Waals surface area (Å²) in [5.41, 5.74) is 4.83. The van der Waals surface area contributed by atoms with Gasteiger partial charge in [-0.1, -0.05) is 72.2 Å². The fourth-order valence-corrected chi connectivity index (χ4v) is 1.37. The van der Waals surface area contributed by atoms with Gasteiger partial charge in [-0.3, -0.25) is 0 Å². The molecule has 1 nitrogen and oxygen atoms in total. The minimum atomic E-state index is 0.884. The van der Waals surface area contributed by atoms with Crippen molar-refractivity contribution in [2.24, 2.45) is 5.92 Å². The van der Waals surface area contributed by atoms with Crippen LogP contribution in [0.5, 0.6) is 0 Å². The maximum atomic E-state index is 3.84. The van der Waals surface area contributed by atoms with Crippen LogP contribution < -0.4 is 5.32 Å². The highest BCUT2D eigenvalue weighted by molar-refractivity contribution is 5.55. The van der Waals surface area contributed by atoms with Gasteiger partial charge >= 0.3 is 0 Å². The summed E-state index contributed by atoms with van der Waals surface area (Å²) in [5.74, 6) is 0.884. The Morgan fingerprint density at radius 2 is 1.70 bits per heavy atom. The highest BCUT2D eigenvalue weighted by atomic mass is 14.9. The molecule has 1 aromatic carbocycles. The van der Waals surface area contributed by atoms with Crippen molar-refractivity contribution in [3.05, 3.63) is 41.6 Å². The van der Waals surface area contributed by atoms with Gasteiger partial charge in [0.25, 0.3) is 0 Å². The summed E-state index contributed by atoms with van der Waals surface area (Å²) >= 11 is 0. The summed E-state index contributed by atoms with van der Waals surface area (Å²) in [5, 5.41) is 3.26. The lowest BCUT2D eigenvalue weighted by molar-refractivity contribution is 0.626. The standard InChI is InChI=1S/C12H17N.C5H12.C2H6/c1-5-11-8-10(4)6-7-12(11)13-9(2)3;1-4-5(2)3;1-2/h6-8,13H,2,5H2,1,3-4H3;5H,4H2,1-3H3;1-2H3. The molecular formula is C19H35N. The first-order chi connectivity index (χ1) is 9.40. The maximum Gasteiger partial charge on any atom is 0.0414 e. The molecule has 1 heteroatoms. The average molecular weight is 277 g/mol. The molecule has 0 aliphatic heterocycles. The predicted octanol–water partition coefficient (Wildman–Crippen LogP) is 6.58. The average Bonchev–Trinajstić information content (AvgIpc) is 2.43. The van der Waals surface area contributed by atoms with Crippen LogP contribution in [0.3, 0.4) is 0 Å². The predicted molar refractivity (Wildman–Crippen MR) is 95.5 cm³/mol. The molecule has 1 N–H and O–H groups in total. The van der Waals surface area contributed by atoms with Crippen molar-refractivity contribution in [1.29, 1.82) is 0 Å². The van der Waals surface area contributed by atoms with E-state index in [4.69, 9.17) is 0 Å². The fraction of sp³-hybridized carbons (Fsp3) is 0.579. The van der Waals surface area contributed by atoms with E-state index in [0.29, 0.717) is 0 Å². The van der Waals surface area contributed by atoms with Crippen molar-refractivity contribution in [2.45, 2.75) is 68.2 Å². The molecule has 0 atom stereocenters. The monoisotopic (exact) mass is 277 g/mol. The number of aryl methyl sites for hydroxylation is 2. The molecule has 1 aromatic rings. The highest BCUT2D eigenvalue weighted by Gasteiger charge is 1.99. The van der Waals surface area contributed by atoms with Crippen molar-refractivity contribution in [3.63, 3.8) is 0 Å². The van der Waals surface area contributed by atoms with E-state index in [9.17, 15) is 0 Å². The van der Waals surface area contributed by atoms with Gasteiger partial charge in [-0.2, -0.15) is 0 Å². The number of benzene rings is 1. The van der Waals surface area contributed by atoms with E-state index in [1.54, 1.807) is 0 Å². The van der Waals surface area contributed by atoms with E-state index >= 15 is 0 Å². The third-order valence-corrected chi connectivity index (χ3v) is 2.81. The van der Waals surface area contributed by atoms with Gasteiger partial charge in [-0.05, 0) is 37.8 Å². The lowest BCUT2D eigenvalue weighted by Crippen LogP contribution is -1.98. The van der Waals surface area contributed by atoms with Gasteiger partial charge in [0, 0.05) is 11.4 Å². The quantitative estimate of drug-likeness (QED) is 0.655. The topological polar surface area (TPSA) is 12.0 Å². The zero-order chi connectivity index (χ0) is 16.1. The number of anilines is 1. The minimum Gasteiger partial charge on any atom is -0.359 e. The second kappa shape index (κ2) is 12.8. The SMILES string of the molecule is C=C(C)Nc1ccc(C)cc1CC.CC.CCC(C)C. The van der Waals surface area contributed by atoms with Gasteiger partial charge < -0.3 is 5.32 Å². The van der Waals surface area contributed by atoms with Crippen LogP contribution in [-0.2, 0) is 6.42 Å². The maximum absolute atomic E-state index is 3.84. The number of hydrogen-bond donors (Lipinski definition) is 1. The summed E-state index contributed by atoms with van der Waals surface area (Å²) in [4.78, 5) is 0. The number of hydrogen-bond acceptors (Lipinski definition) is 1. The van der Waals surface area contributed by atoms with E-state index in [1.807, 2.05) is 20.8 Å². The second-order valence-corrected chi connectivity index (χ2v) is 5.22. The zero-order valence-electron chi connectivity index (χ0n) is 14.9. The first-order valence-corrected chi connectivity index (χ1v) is 7.92. The van der Waals surface area contributed by atoms with Crippen molar-refractivity contribution in [3.8, 4) is 0 Å². The van der Waals surface area contributed by atoms with Crippen LogP contribution >= 0.6 is 0 Å². The Morgan fingerprint density at radius 3 is 2.05 bits per heavy atom. The molecule has 0 aliphatic rings. The first kappa shape index (κ1) is 21.1. The number of rotatable bonds is 4. The van der Waals surface area contributed by atoms with Crippen LogP contribution in [0, 0.1) is 12.8 Å². The summed E-state index contributed by atoms with van der Waals surface area (Å²) in [7, 11) is 0. The molecule has 0 amide bonds. The summed E-state index contributed by atoms with van der Waals surface area (Å²) < 4.78 is 0. The Kier molecular flexibility index (Phi) is 13.5. The smallest absolute Gasteiger partial charge is 0.0414 e. The minimum absolute atomic E-state index is 0.884. The molecule has 116 valence electrons. The molecule has 0 unspecified atom stereocenters.